The lowest BCUT2D eigenvalue weighted by Gasteiger charge is -2.27. The van der Waals surface area contributed by atoms with Gasteiger partial charge in [0, 0.05) is 10.9 Å². The maximum absolute atomic E-state index is 11.4. The van der Waals surface area contributed by atoms with Crippen molar-refractivity contribution in [1.29, 1.82) is 0 Å². The van der Waals surface area contributed by atoms with Crippen molar-refractivity contribution >= 4 is 39.9 Å². The van der Waals surface area contributed by atoms with E-state index in [0.717, 1.165) is 19.3 Å². The molecule has 2 N–H and O–H groups in total. The van der Waals surface area contributed by atoms with Gasteiger partial charge in [0.05, 0.1) is 2.88 Å². The van der Waals surface area contributed by atoms with Crippen molar-refractivity contribution < 1.29 is 9.90 Å². The van der Waals surface area contributed by atoms with Crippen LogP contribution in [0.1, 0.15) is 49.6 Å². The third kappa shape index (κ3) is 3.92. The molecule has 1 heterocycles. The van der Waals surface area contributed by atoms with Crippen molar-refractivity contribution in [2.24, 2.45) is 5.92 Å². The van der Waals surface area contributed by atoms with Crippen LogP contribution in [0.2, 0.25) is 0 Å². The monoisotopic (exact) mass is 393 g/mol. The maximum Gasteiger partial charge on any atom is 0.320 e. The molecule has 0 spiro atoms. The molecule has 0 aromatic carbocycles. The van der Waals surface area contributed by atoms with Gasteiger partial charge in [-0.2, -0.15) is 0 Å². The molecule has 2 unspecified atom stereocenters. The van der Waals surface area contributed by atoms with Gasteiger partial charge in [-0.3, -0.25) is 10.1 Å². The molecule has 0 fully saturated rings. The Morgan fingerprint density at radius 2 is 2.37 bits per heavy atom. The lowest BCUT2D eigenvalue weighted by molar-refractivity contribution is -0.140. The largest absolute Gasteiger partial charge is 0.480 e. The van der Waals surface area contributed by atoms with Crippen molar-refractivity contribution in [1.82, 2.24) is 5.32 Å². The second-order valence-corrected chi connectivity index (χ2v) is 8.59. The molecule has 0 radical (unpaired) electrons. The summed E-state index contributed by atoms with van der Waals surface area (Å²) in [5.74, 6) is -0.343. The summed E-state index contributed by atoms with van der Waals surface area (Å²) in [6, 6.07) is 1.99. The van der Waals surface area contributed by atoms with E-state index in [2.05, 4.69) is 47.8 Å². The summed E-state index contributed by atoms with van der Waals surface area (Å²) < 4.78 is 1.30. The summed E-state index contributed by atoms with van der Waals surface area (Å²) in [6.45, 7) is 4.13. The predicted molar refractivity (Wildman–Crippen MR) is 86.7 cm³/mol. The van der Waals surface area contributed by atoms with E-state index in [1.807, 2.05) is 11.3 Å². The zero-order valence-electron chi connectivity index (χ0n) is 11.3. The molecule has 2 rings (SSSR count). The van der Waals surface area contributed by atoms with E-state index in [-0.39, 0.29) is 6.04 Å². The van der Waals surface area contributed by atoms with Gasteiger partial charge >= 0.3 is 5.97 Å². The summed E-state index contributed by atoms with van der Waals surface area (Å²) >= 11 is 4.19. The summed E-state index contributed by atoms with van der Waals surface area (Å²) in [5, 5.41) is 12.7. The highest BCUT2D eigenvalue weighted by Gasteiger charge is 2.27. The van der Waals surface area contributed by atoms with E-state index >= 15 is 0 Å². The Bertz CT molecular complexity index is 458. The molecule has 5 heteroatoms. The van der Waals surface area contributed by atoms with Crippen LogP contribution in [0, 0.1) is 8.80 Å². The zero-order chi connectivity index (χ0) is 14.0. The Morgan fingerprint density at radius 1 is 1.63 bits per heavy atom. The normalized spacial score (nSPS) is 20.3. The number of thiophene rings is 1. The number of aryl methyl sites for hydroxylation is 1. The van der Waals surface area contributed by atoms with Crippen LogP contribution in [0.3, 0.4) is 0 Å². The van der Waals surface area contributed by atoms with Crippen molar-refractivity contribution in [2.75, 3.05) is 0 Å². The smallest absolute Gasteiger partial charge is 0.320 e. The van der Waals surface area contributed by atoms with Gasteiger partial charge < -0.3 is 5.11 Å². The SMILES string of the molecule is CC(C)CC(NC1CCCc2sc(I)cc21)C(=O)O. The highest BCUT2D eigenvalue weighted by Crippen LogP contribution is 2.36. The van der Waals surface area contributed by atoms with Crippen molar-refractivity contribution in [3.63, 3.8) is 0 Å². The van der Waals surface area contributed by atoms with Gasteiger partial charge in [0.25, 0.3) is 0 Å². The number of fused-ring (bicyclic) bond motifs is 1. The number of hydrogen-bond acceptors (Lipinski definition) is 3. The number of hydrogen-bond donors (Lipinski definition) is 2. The number of rotatable bonds is 5. The number of carboxylic acids is 1. The molecule has 1 aromatic rings. The van der Waals surface area contributed by atoms with Gasteiger partial charge in [-0.1, -0.05) is 13.8 Å². The van der Waals surface area contributed by atoms with E-state index in [0.29, 0.717) is 12.3 Å². The molecule has 1 aromatic heterocycles. The molecule has 19 heavy (non-hydrogen) atoms. The first kappa shape index (κ1) is 15.3. The molecular weight excluding hydrogens is 373 g/mol. The molecule has 0 bridgehead atoms. The molecule has 0 saturated heterocycles. The van der Waals surface area contributed by atoms with Crippen molar-refractivity contribution in [3.05, 3.63) is 19.4 Å². The first-order valence-electron chi connectivity index (χ1n) is 6.74. The lowest BCUT2D eigenvalue weighted by atomic mass is 9.92. The predicted octanol–water partition coefficient (Wildman–Crippen LogP) is 3.82. The molecule has 0 saturated carbocycles. The van der Waals surface area contributed by atoms with Crippen LogP contribution in [0.4, 0.5) is 0 Å². The van der Waals surface area contributed by atoms with E-state index in [1.165, 1.54) is 13.3 Å². The number of carboxylic acid groups (broad SMARTS) is 1. The topological polar surface area (TPSA) is 49.3 Å². The molecule has 3 nitrogen and oxygen atoms in total. The summed E-state index contributed by atoms with van der Waals surface area (Å²) in [5.41, 5.74) is 1.33. The first-order chi connectivity index (χ1) is 8.97. The Kier molecular flexibility index (Phi) is 5.25. The average Bonchev–Trinajstić information content (AvgIpc) is 2.68. The van der Waals surface area contributed by atoms with Gasteiger partial charge in [0.2, 0.25) is 0 Å². The Hall–Kier alpha value is -0.140. The Balaban J connectivity index is 2.12. The minimum atomic E-state index is -0.731. The first-order valence-corrected chi connectivity index (χ1v) is 8.64. The van der Waals surface area contributed by atoms with Crippen LogP contribution in [0.5, 0.6) is 0 Å². The molecule has 1 aliphatic carbocycles. The highest BCUT2D eigenvalue weighted by molar-refractivity contribution is 14.1. The second kappa shape index (κ2) is 6.54. The quantitative estimate of drug-likeness (QED) is 0.748. The fourth-order valence-electron chi connectivity index (χ4n) is 2.65. The van der Waals surface area contributed by atoms with Crippen molar-refractivity contribution in [3.8, 4) is 0 Å². The molecule has 2 atom stereocenters. The molecular formula is C14H20INO2S. The van der Waals surface area contributed by atoms with Crippen LogP contribution in [-0.4, -0.2) is 17.1 Å². The van der Waals surface area contributed by atoms with Crippen LogP contribution >= 0.6 is 33.9 Å². The van der Waals surface area contributed by atoms with Gasteiger partial charge in [0.15, 0.2) is 0 Å². The fraction of sp³-hybridized carbons (Fsp3) is 0.643. The van der Waals surface area contributed by atoms with E-state index in [4.69, 9.17) is 0 Å². The van der Waals surface area contributed by atoms with Crippen molar-refractivity contribution in [2.45, 2.75) is 51.6 Å². The van der Waals surface area contributed by atoms with Crippen LogP contribution in [-0.2, 0) is 11.2 Å². The van der Waals surface area contributed by atoms with E-state index < -0.39 is 12.0 Å². The second-order valence-electron chi connectivity index (χ2n) is 5.56. The summed E-state index contributed by atoms with van der Waals surface area (Å²) in [4.78, 5) is 12.8. The summed E-state index contributed by atoms with van der Waals surface area (Å²) in [6.07, 6.45) is 4.02. The third-order valence-corrected chi connectivity index (χ3v) is 5.46. The maximum atomic E-state index is 11.4. The third-order valence-electron chi connectivity index (χ3n) is 3.49. The fourth-order valence-corrected chi connectivity index (χ4v) is 4.77. The van der Waals surface area contributed by atoms with Gasteiger partial charge in [-0.05, 0) is 65.8 Å². The molecule has 1 aliphatic rings. The highest BCUT2D eigenvalue weighted by atomic mass is 127. The molecule has 0 amide bonds. The minimum absolute atomic E-state index is 0.211. The van der Waals surface area contributed by atoms with Crippen LogP contribution in [0.15, 0.2) is 6.07 Å². The number of halogens is 1. The van der Waals surface area contributed by atoms with E-state index in [9.17, 15) is 9.90 Å². The standard InChI is InChI=1S/C14H20INO2S/c1-8(2)6-11(14(17)18)16-10-4-3-5-12-9(10)7-13(15)19-12/h7-8,10-11,16H,3-6H2,1-2H3,(H,17,18). The number of nitrogens with one attached hydrogen (secondary N) is 1. The van der Waals surface area contributed by atoms with E-state index in [1.54, 1.807) is 0 Å². The lowest BCUT2D eigenvalue weighted by Crippen LogP contribution is -2.40. The average molecular weight is 393 g/mol. The van der Waals surface area contributed by atoms with Gasteiger partial charge in [0.1, 0.15) is 6.04 Å². The van der Waals surface area contributed by atoms with Gasteiger partial charge in [-0.25, -0.2) is 0 Å². The van der Waals surface area contributed by atoms with Gasteiger partial charge in [-0.15, -0.1) is 11.3 Å². The minimum Gasteiger partial charge on any atom is -0.480 e. The number of carbonyl (C=O) groups is 1. The van der Waals surface area contributed by atoms with Crippen LogP contribution in [0.25, 0.3) is 0 Å². The Labute approximate surface area is 131 Å². The number of aliphatic carboxylic acids is 1. The molecule has 0 aliphatic heterocycles. The zero-order valence-corrected chi connectivity index (χ0v) is 14.3. The Morgan fingerprint density at radius 3 is 3.00 bits per heavy atom. The molecule has 106 valence electrons. The summed E-state index contributed by atoms with van der Waals surface area (Å²) in [7, 11) is 0. The van der Waals surface area contributed by atoms with Crippen LogP contribution < -0.4 is 5.32 Å².